The number of H-pyrrole nitrogens is 2. The van der Waals surface area contributed by atoms with Gasteiger partial charge in [0.15, 0.2) is 11.4 Å². The summed E-state index contributed by atoms with van der Waals surface area (Å²) in [6.07, 6.45) is 8.77. The number of methoxy groups -OCH3 is 1. The number of aromatic amines is 2. The predicted molar refractivity (Wildman–Crippen MR) is 171 cm³/mol. The van der Waals surface area contributed by atoms with Crippen molar-refractivity contribution in [3.8, 4) is 0 Å². The van der Waals surface area contributed by atoms with Crippen molar-refractivity contribution in [2.75, 3.05) is 7.11 Å². The van der Waals surface area contributed by atoms with Gasteiger partial charge in [-0.25, -0.2) is 0 Å². The number of allylic oxidation sites excluding steroid dienone is 2. The van der Waals surface area contributed by atoms with Crippen molar-refractivity contribution < 1.29 is 29.3 Å². The summed E-state index contributed by atoms with van der Waals surface area (Å²) in [5.41, 5.74) is 6.25. The summed E-state index contributed by atoms with van der Waals surface area (Å²) >= 11 is 0. The Balaban J connectivity index is 1.69. The monoisotopic (exact) mass is 612 g/mol. The fraction of sp³-hybridized carbons (Fsp3) is 0.400. The molecular weight excluding hydrogens is 572 g/mol. The summed E-state index contributed by atoms with van der Waals surface area (Å²) < 4.78 is 5.11. The van der Waals surface area contributed by atoms with Crippen molar-refractivity contribution in [2.24, 2.45) is 17.8 Å². The van der Waals surface area contributed by atoms with Crippen molar-refractivity contribution in [1.29, 1.82) is 0 Å². The lowest BCUT2D eigenvalue weighted by Crippen LogP contribution is -2.42. The molecule has 3 aliphatic heterocycles. The van der Waals surface area contributed by atoms with E-state index in [2.05, 4.69) is 47.1 Å². The van der Waals surface area contributed by atoms with Gasteiger partial charge in [-0.15, -0.1) is 0 Å². The number of ether oxygens (including phenoxy) is 1. The molecule has 1 aliphatic carbocycles. The topological polar surface area (TPSA) is 157 Å². The van der Waals surface area contributed by atoms with Gasteiger partial charge in [-0.1, -0.05) is 26.5 Å². The number of aliphatic carboxylic acids is 1. The number of hydrogen-bond donors (Lipinski definition) is 6. The van der Waals surface area contributed by atoms with Gasteiger partial charge in [0.05, 0.1) is 18.8 Å². The lowest BCUT2D eigenvalue weighted by molar-refractivity contribution is -0.150. The summed E-state index contributed by atoms with van der Waals surface area (Å²) in [6, 6.07) is -0.624. The maximum atomic E-state index is 14.1. The molecule has 0 amide bonds. The van der Waals surface area contributed by atoms with Gasteiger partial charge >= 0.3 is 11.9 Å². The number of aromatic nitrogens is 2. The van der Waals surface area contributed by atoms with Crippen LogP contribution in [0.5, 0.6) is 0 Å². The molecule has 2 aromatic rings. The van der Waals surface area contributed by atoms with Gasteiger partial charge < -0.3 is 35.6 Å². The summed E-state index contributed by atoms with van der Waals surface area (Å²) in [7, 11) is 1.22. The van der Waals surface area contributed by atoms with Crippen LogP contribution in [0.2, 0.25) is 0 Å². The highest BCUT2D eigenvalue weighted by Crippen LogP contribution is 2.50. The van der Waals surface area contributed by atoms with Gasteiger partial charge in [-0.2, -0.15) is 0 Å². The van der Waals surface area contributed by atoms with Gasteiger partial charge in [0.25, 0.3) is 0 Å². The Morgan fingerprint density at radius 3 is 2.47 bits per heavy atom. The van der Waals surface area contributed by atoms with Crippen LogP contribution in [0.3, 0.4) is 0 Å². The molecule has 8 bridgehead atoms. The SMILES string of the molecule is C=Cc1c2[nH]c(c1C)/C=C1\NC(C3=C4NC(=C(C)[C@@]4(O)C(=O)[C@@H]3C(=O)OC)/C=c3\[nH]/c(c(C)c3CC)=C\2)[C@@H](CCC(=O)O)[C@@H]1C. The number of hydrogen-bond acceptors (Lipinski definition) is 7. The van der Waals surface area contributed by atoms with Gasteiger partial charge in [0.2, 0.25) is 0 Å². The lowest BCUT2D eigenvalue weighted by Gasteiger charge is -2.26. The molecule has 10 heteroatoms. The van der Waals surface area contributed by atoms with Crippen LogP contribution in [0, 0.1) is 31.6 Å². The number of esters is 1. The molecule has 2 aromatic heterocycles. The molecular formula is C35H40N4O6. The molecule has 236 valence electrons. The number of rotatable bonds is 6. The average molecular weight is 613 g/mol. The van der Waals surface area contributed by atoms with Crippen LogP contribution >= 0.6 is 0 Å². The number of carboxylic acids is 1. The Bertz CT molecular complexity index is 1900. The van der Waals surface area contributed by atoms with Crippen molar-refractivity contribution in [2.45, 2.75) is 65.5 Å². The zero-order chi connectivity index (χ0) is 32.5. The Kier molecular flexibility index (Phi) is 7.31. The molecule has 5 atom stereocenters. The van der Waals surface area contributed by atoms with E-state index in [9.17, 15) is 24.6 Å². The number of fused-ring (bicyclic) bond motifs is 8. The molecule has 6 rings (SSSR count). The Labute approximate surface area is 261 Å². The molecule has 0 aromatic carbocycles. The summed E-state index contributed by atoms with van der Waals surface area (Å²) in [5.74, 6) is -4.20. The second kappa shape index (κ2) is 10.8. The smallest absolute Gasteiger partial charge is 0.320 e. The minimum Gasteiger partial charge on any atom is -0.481 e. The second-order valence-corrected chi connectivity index (χ2v) is 12.5. The fourth-order valence-electron chi connectivity index (χ4n) is 7.76. The van der Waals surface area contributed by atoms with E-state index in [4.69, 9.17) is 4.74 Å². The highest BCUT2D eigenvalue weighted by atomic mass is 16.5. The predicted octanol–water partition coefficient (Wildman–Crippen LogP) is 2.45. The van der Waals surface area contributed by atoms with E-state index in [-0.39, 0.29) is 24.0 Å². The van der Waals surface area contributed by atoms with Crippen LogP contribution in [-0.2, 0) is 25.5 Å². The number of aliphatic hydroxyl groups is 1. The van der Waals surface area contributed by atoms with E-state index in [1.54, 1.807) is 6.92 Å². The third kappa shape index (κ3) is 4.37. The molecule has 1 unspecified atom stereocenters. The molecule has 6 N–H and O–H groups in total. The number of nitrogens with one attached hydrogen (secondary N) is 4. The molecule has 1 saturated heterocycles. The van der Waals surface area contributed by atoms with Gasteiger partial charge in [0.1, 0.15) is 5.92 Å². The molecule has 0 spiro atoms. The number of ketones is 1. The zero-order valence-electron chi connectivity index (χ0n) is 26.5. The molecule has 0 saturated carbocycles. The maximum absolute atomic E-state index is 14.1. The minimum absolute atomic E-state index is 0.0940. The minimum atomic E-state index is -2.06. The first-order valence-corrected chi connectivity index (χ1v) is 15.4. The quantitative estimate of drug-likeness (QED) is 0.215. The second-order valence-electron chi connectivity index (χ2n) is 12.5. The van der Waals surface area contributed by atoms with E-state index >= 15 is 0 Å². The third-order valence-electron chi connectivity index (χ3n) is 10.4. The van der Waals surface area contributed by atoms with Gasteiger partial charge in [-0.3, -0.25) is 14.4 Å². The first-order valence-electron chi connectivity index (χ1n) is 15.4. The summed E-state index contributed by atoms with van der Waals surface area (Å²) in [6.45, 7) is 13.9. The van der Waals surface area contributed by atoms with Crippen molar-refractivity contribution >= 4 is 42.0 Å². The Hall–Kier alpha value is -4.57. The van der Waals surface area contributed by atoms with E-state index in [0.717, 1.165) is 56.5 Å². The van der Waals surface area contributed by atoms with Crippen LogP contribution in [-0.4, -0.2) is 56.7 Å². The summed E-state index contributed by atoms with van der Waals surface area (Å²) in [5, 5.41) is 30.5. The van der Waals surface area contributed by atoms with Crippen molar-refractivity contribution in [3.05, 3.63) is 79.2 Å². The van der Waals surface area contributed by atoms with E-state index in [0.29, 0.717) is 23.3 Å². The average Bonchev–Trinajstić information content (AvgIpc) is 3.71. The first kappa shape index (κ1) is 30.5. The van der Waals surface area contributed by atoms with Crippen LogP contribution in [0.15, 0.2) is 34.8 Å². The number of carboxylic acid groups (broad SMARTS) is 1. The van der Waals surface area contributed by atoms with Gasteiger partial charge in [-0.05, 0) is 85.6 Å². The zero-order valence-corrected chi connectivity index (χ0v) is 26.5. The molecule has 10 nitrogen and oxygen atoms in total. The van der Waals surface area contributed by atoms with E-state index in [1.807, 2.05) is 32.1 Å². The lowest BCUT2D eigenvalue weighted by atomic mass is 9.80. The highest BCUT2D eigenvalue weighted by Gasteiger charge is 2.62. The van der Waals surface area contributed by atoms with Crippen LogP contribution < -0.4 is 21.3 Å². The van der Waals surface area contributed by atoms with Crippen molar-refractivity contribution in [3.63, 3.8) is 0 Å². The molecule has 4 aliphatic rings. The standard InChI is InChI=1S/C35H40N4O6/c1-8-19-15(3)22-12-24-17(5)21(10-11-28(40)41)31(38-24)29-30(34(43)45-7)33(42)35(44)18(6)25(39-32(29)35)14-27-20(9-2)16(4)23(37-27)13-26(19)36-22/h8,12-14,17,21,30-31,36-39,44H,1,9-11H2,2-7H3,(H,40,41)/b23-13-,24-12-,27-14-/t17-,21-,30+,31?,35-/m0/s1. The first-order chi connectivity index (χ1) is 21.4. The highest BCUT2D eigenvalue weighted by molar-refractivity contribution is 6.13. The van der Waals surface area contributed by atoms with Crippen LogP contribution in [0.4, 0.5) is 0 Å². The van der Waals surface area contributed by atoms with Crippen molar-refractivity contribution in [1.82, 2.24) is 20.6 Å². The normalized spacial score (nSPS) is 29.3. The third-order valence-corrected chi connectivity index (χ3v) is 10.4. The number of carbonyl (C=O) groups is 3. The van der Waals surface area contributed by atoms with E-state index < -0.39 is 35.3 Å². The maximum Gasteiger partial charge on any atom is 0.320 e. The Morgan fingerprint density at radius 2 is 1.82 bits per heavy atom. The largest absolute Gasteiger partial charge is 0.481 e. The number of Topliss-reactive ketones (excluding diaryl/α,β-unsaturated/α-hetero) is 1. The van der Waals surface area contributed by atoms with Gasteiger partial charge in [0, 0.05) is 51.4 Å². The fourth-order valence-corrected chi connectivity index (χ4v) is 7.76. The van der Waals surface area contributed by atoms with E-state index in [1.165, 1.54) is 7.11 Å². The molecule has 5 heterocycles. The summed E-state index contributed by atoms with van der Waals surface area (Å²) in [4.78, 5) is 46.3. The van der Waals surface area contributed by atoms with Crippen LogP contribution in [0.1, 0.15) is 67.3 Å². The molecule has 0 radical (unpaired) electrons. The van der Waals surface area contributed by atoms with Crippen LogP contribution in [0.25, 0.3) is 24.3 Å². The molecule has 1 fully saturated rings. The Morgan fingerprint density at radius 1 is 1.09 bits per heavy atom. The molecule has 45 heavy (non-hydrogen) atoms. The number of carbonyl (C=O) groups excluding carboxylic acids is 2.